The van der Waals surface area contributed by atoms with Gasteiger partial charge in [0.25, 0.3) is 5.56 Å². The summed E-state index contributed by atoms with van der Waals surface area (Å²) in [6.45, 7) is 3.58. The first kappa shape index (κ1) is 19.3. The predicted molar refractivity (Wildman–Crippen MR) is 115 cm³/mol. The fraction of sp³-hybridized carbons (Fsp3) is 0.238. The van der Waals surface area contributed by atoms with Crippen LogP contribution in [0.25, 0.3) is 27.8 Å². The maximum atomic E-state index is 12.9. The highest BCUT2D eigenvalue weighted by Crippen LogP contribution is 2.30. The molecule has 0 saturated heterocycles. The number of fused-ring (bicyclic) bond motifs is 2. The van der Waals surface area contributed by atoms with Gasteiger partial charge < -0.3 is 19.8 Å². The van der Waals surface area contributed by atoms with Crippen molar-refractivity contribution in [3.05, 3.63) is 58.0 Å². The summed E-state index contributed by atoms with van der Waals surface area (Å²) in [5, 5.41) is 4.75. The monoisotopic (exact) mass is 412 g/mol. The Hall–Kier alpha value is -3.03. The van der Waals surface area contributed by atoms with Crippen molar-refractivity contribution >= 4 is 34.0 Å². The summed E-state index contributed by atoms with van der Waals surface area (Å²) >= 11 is 6.18. The molecule has 0 atom stereocenters. The van der Waals surface area contributed by atoms with Gasteiger partial charge in [0.05, 0.1) is 23.8 Å². The smallest absolute Gasteiger partial charge is 0.258 e. The van der Waals surface area contributed by atoms with E-state index in [1.54, 1.807) is 19.4 Å². The van der Waals surface area contributed by atoms with Crippen LogP contribution in [-0.4, -0.2) is 41.2 Å². The van der Waals surface area contributed by atoms with Gasteiger partial charge in [0.1, 0.15) is 22.9 Å². The van der Waals surface area contributed by atoms with Gasteiger partial charge in [-0.05, 0) is 43.3 Å². The lowest BCUT2D eigenvalue weighted by Gasteiger charge is -2.09. The summed E-state index contributed by atoms with van der Waals surface area (Å²) in [5.41, 5.74) is 2.22. The molecule has 4 rings (SSSR count). The maximum absolute atomic E-state index is 12.9. The number of hydrogen-bond donors (Lipinski definition) is 2. The van der Waals surface area contributed by atoms with Crippen LogP contribution in [0.4, 0.5) is 5.82 Å². The minimum Gasteiger partial charge on any atom is -0.494 e. The molecule has 7 nitrogen and oxygen atoms in total. The lowest BCUT2D eigenvalue weighted by molar-refractivity contribution is 0.210. The van der Waals surface area contributed by atoms with Gasteiger partial charge >= 0.3 is 0 Å². The molecule has 0 aliphatic rings. The molecule has 8 heteroatoms. The predicted octanol–water partition coefficient (Wildman–Crippen LogP) is 3.95. The highest BCUT2D eigenvalue weighted by atomic mass is 35.5. The van der Waals surface area contributed by atoms with Crippen LogP contribution in [0.1, 0.15) is 6.92 Å². The van der Waals surface area contributed by atoms with Crippen LogP contribution < -0.4 is 15.6 Å². The number of H-pyrrole nitrogens is 1. The first-order valence-corrected chi connectivity index (χ1v) is 9.69. The molecule has 150 valence electrons. The second-order valence-corrected chi connectivity index (χ2v) is 6.93. The zero-order valence-electron chi connectivity index (χ0n) is 16.2. The number of anilines is 1. The van der Waals surface area contributed by atoms with E-state index in [-0.39, 0.29) is 5.56 Å². The fourth-order valence-electron chi connectivity index (χ4n) is 3.26. The summed E-state index contributed by atoms with van der Waals surface area (Å²) in [4.78, 5) is 20.5. The number of pyridine rings is 2. The number of methoxy groups -OCH3 is 1. The Labute approximate surface area is 172 Å². The zero-order valence-corrected chi connectivity index (χ0v) is 16.9. The third kappa shape index (κ3) is 3.79. The zero-order chi connectivity index (χ0) is 20.4. The largest absolute Gasteiger partial charge is 0.494 e. The summed E-state index contributed by atoms with van der Waals surface area (Å²) in [6, 6.07) is 11.0. The normalized spacial score (nSPS) is 11.3. The standard InChI is InChI=1S/C21H21ClN4O3/c1-3-29-15-5-6-17-13(10-15)11-16(21(27)24-17)19-20(23-8-9-28-2)26-12-14(22)4-7-18(26)25-19/h4-7,10-12,23H,3,8-9H2,1-2H3,(H,24,27). The van der Waals surface area contributed by atoms with Crippen molar-refractivity contribution in [3.63, 3.8) is 0 Å². The van der Waals surface area contributed by atoms with E-state index in [4.69, 9.17) is 21.1 Å². The average Bonchev–Trinajstić information content (AvgIpc) is 3.06. The average molecular weight is 413 g/mol. The SMILES string of the molecule is CCOc1ccc2[nH]c(=O)c(-c3nc4ccc(Cl)cn4c3NCCOC)cc2c1. The molecule has 0 fully saturated rings. The quantitative estimate of drug-likeness (QED) is 0.449. The first-order valence-electron chi connectivity index (χ1n) is 9.31. The lowest BCUT2D eigenvalue weighted by atomic mass is 10.1. The molecule has 0 aliphatic carbocycles. The molecule has 4 aromatic rings. The Morgan fingerprint density at radius 2 is 2.10 bits per heavy atom. The van der Waals surface area contributed by atoms with E-state index in [2.05, 4.69) is 15.3 Å². The Kier molecular flexibility index (Phi) is 5.42. The Morgan fingerprint density at radius 3 is 2.90 bits per heavy atom. The van der Waals surface area contributed by atoms with Gasteiger partial charge in [-0.1, -0.05) is 11.6 Å². The highest BCUT2D eigenvalue weighted by Gasteiger charge is 2.18. The molecule has 2 N–H and O–H groups in total. The van der Waals surface area contributed by atoms with Crippen LogP contribution >= 0.6 is 11.6 Å². The number of rotatable bonds is 7. The van der Waals surface area contributed by atoms with Crippen molar-refractivity contribution in [3.8, 4) is 17.0 Å². The number of ether oxygens (including phenoxy) is 2. The minimum absolute atomic E-state index is 0.217. The van der Waals surface area contributed by atoms with Gasteiger partial charge in [0.2, 0.25) is 0 Å². The van der Waals surface area contributed by atoms with Gasteiger partial charge in [-0.2, -0.15) is 0 Å². The Balaban J connectivity index is 1.90. The minimum atomic E-state index is -0.217. The van der Waals surface area contributed by atoms with Crippen LogP contribution in [0.15, 0.2) is 47.4 Å². The van der Waals surface area contributed by atoms with Crippen LogP contribution in [-0.2, 0) is 4.74 Å². The van der Waals surface area contributed by atoms with Crippen molar-refractivity contribution in [2.75, 3.05) is 32.2 Å². The second kappa shape index (κ2) is 8.14. The number of halogens is 1. The summed E-state index contributed by atoms with van der Waals surface area (Å²) < 4.78 is 12.6. The Bertz CT molecular complexity index is 1230. The van der Waals surface area contributed by atoms with E-state index in [0.717, 1.165) is 16.7 Å². The molecular weight excluding hydrogens is 392 g/mol. The van der Waals surface area contributed by atoms with Gasteiger partial charge in [-0.25, -0.2) is 4.98 Å². The summed E-state index contributed by atoms with van der Waals surface area (Å²) in [6.07, 6.45) is 1.77. The van der Waals surface area contributed by atoms with Crippen LogP contribution in [0.2, 0.25) is 5.02 Å². The van der Waals surface area contributed by atoms with Gasteiger partial charge in [0, 0.05) is 30.8 Å². The molecule has 1 aromatic carbocycles. The molecular formula is C21H21ClN4O3. The molecule has 0 aliphatic heterocycles. The van der Waals surface area contributed by atoms with Gasteiger partial charge in [-0.3, -0.25) is 9.20 Å². The topological polar surface area (TPSA) is 80.7 Å². The number of hydrogen-bond acceptors (Lipinski definition) is 5. The van der Waals surface area contributed by atoms with E-state index in [0.29, 0.717) is 47.5 Å². The van der Waals surface area contributed by atoms with Crippen molar-refractivity contribution < 1.29 is 9.47 Å². The lowest BCUT2D eigenvalue weighted by Crippen LogP contribution is -2.13. The van der Waals surface area contributed by atoms with E-state index >= 15 is 0 Å². The number of nitrogens with one attached hydrogen (secondary N) is 2. The highest BCUT2D eigenvalue weighted by molar-refractivity contribution is 6.30. The van der Waals surface area contributed by atoms with E-state index < -0.39 is 0 Å². The van der Waals surface area contributed by atoms with Gasteiger partial charge in [0.15, 0.2) is 0 Å². The molecule has 0 amide bonds. The number of imidazole rings is 1. The van der Waals surface area contributed by atoms with Crippen molar-refractivity contribution in [1.82, 2.24) is 14.4 Å². The molecule has 0 radical (unpaired) electrons. The van der Waals surface area contributed by atoms with E-state index in [9.17, 15) is 4.79 Å². The molecule has 3 aromatic heterocycles. The first-order chi connectivity index (χ1) is 14.1. The third-order valence-electron chi connectivity index (χ3n) is 4.56. The maximum Gasteiger partial charge on any atom is 0.258 e. The van der Waals surface area contributed by atoms with Crippen LogP contribution in [0.3, 0.4) is 0 Å². The molecule has 29 heavy (non-hydrogen) atoms. The Morgan fingerprint density at radius 1 is 1.24 bits per heavy atom. The third-order valence-corrected chi connectivity index (χ3v) is 4.79. The molecule has 0 saturated carbocycles. The number of aromatic nitrogens is 3. The fourth-order valence-corrected chi connectivity index (χ4v) is 3.42. The van der Waals surface area contributed by atoms with Crippen molar-refractivity contribution in [2.24, 2.45) is 0 Å². The van der Waals surface area contributed by atoms with E-state index in [1.165, 1.54) is 0 Å². The second-order valence-electron chi connectivity index (χ2n) is 6.50. The summed E-state index contributed by atoms with van der Waals surface area (Å²) in [5.74, 6) is 1.43. The molecule has 3 heterocycles. The van der Waals surface area contributed by atoms with E-state index in [1.807, 2.05) is 41.7 Å². The number of aromatic amines is 1. The molecule has 0 bridgehead atoms. The number of benzene rings is 1. The molecule has 0 spiro atoms. The molecule has 0 unspecified atom stereocenters. The summed E-state index contributed by atoms with van der Waals surface area (Å²) in [7, 11) is 1.64. The van der Waals surface area contributed by atoms with Crippen molar-refractivity contribution in [2.45, 2.75) is 6.92 Å². The van der Waals surface area contributed by atoms with Crippen LogP contribution in [0, 0.1) is 0 Å². The van der Waals surface area contributed by atoms with Crippen molar-refractivity contribution in [1.29, 1.82) is 0 Å². The van der Waals surface area contributed by atoms with Gasteiger partial charge in [-0.15, -0.1) is 0 Å². The van der Waals surface area contributed by atoms with Crippen LogP contribution in [0.5, 0.6) is 5.75 Å². The number of nitrogens with zero attached hydrogens (tertiary/aromatic N) is 2.